The lowest BCUT2D eigenvalue weighted by Gasteiger charge is -2.26. The van der Waals surface area contributed by atoms with Gasteiger partial charge in [-0.05, 0) is 83.9 Å². The van der Waals surface area contributed by atoms with E-state index < -0.39 is 0 Å². The molecule has 0 bridgehead atoms. The summed E-state index contributed by atoms with van der Waals surface area (Å²) in [6.45, 7) is 0. The van der Waals surface area contributed by atoms with Crippen LogP contribution >= 0.6 is 0 Å². The third-order valence-corrected chi connectivity index (χ3v) is 4.85. The third-order valence-electron chi connectivity index (χ3n) is 4.85. The van der Waals surface area contributed by atoms with Crippen molar-refractivity contribution >= 4 is 28.4 Å². The van der Waals surface area contributed by atoms with Crippen molar-refractivity contribution in [2.24, 2.45) is 0 Å². The second-order valence-corrected chi connectivity index (χ2v) is 6.79. The number of hydrogen-bond donors (Lipinski definition) is 2. The molecule has 4 rings (SSSR count). The minimum Gasteiger partial charge on any atom is -0.497 e. The molecule has 0 amide bonds. The second kappa shape index (κ2) is 7.98. The van der Waals surface area contributed by atoms with E-state index in [0.29, 0.717) is 0 Å². The highest BCUT2D eigenvalue weighted by molar-refractivity contribution is 5.79. The van der Waals surface area contributed by atoms with Crippen molar-refractivity contribution in [3.63, 3.8) is 0 Å². The second-order valence-electron chi connectivity index (χ2n) is 6.79. The number of benzene rings is 4. The highest BCUT2D eigenvalue weighted by atomic mass is 16.5. The Kier molecular flexibility index (Phi) is 5.08. The fourth-order valence-electron chi connectivity index (χ4n) is 3.28. The largest absolute Gasteiger partial charge is 0.497 e. The molecule has 0 aliphatic rings. The first-order valence-electron chi connectivity index (χ1n) is 9.40. The van der Waals surface area contributed by atoms with Crippen molar-refractivity contribution in [3.8, 4) is 16.9 Å². The lowest BCUT2D eigenvalue weighted by molar-refractivity contribution is 0.415. The minimum absolute atomic E-state index is 0.737. The van der Waals surface area contributed by atoms with Gasteiger partial charge in [0.1, 0.15) is 5.75 Å². The molecular formula is C25H23N3O. The van der Waals surface area contributed by atoms with Gasteiger partial charge in [0.2, 0.25) is 0 Å². The normalized spacial score (nSPS) is 10.5. The van der Waals surface area contributed by atoms with Gasteiger partial charge in [-0.3, -0.25) is 0 Å². The molecular weight excluding hydrogens is 358 g/mol. The van der Waals surface area contributed by atoms with E-state index in [4.69, 9.17) is 16.2 Å². The Balaban J connectivity index is 1.72. The Morgan fingerprint density at radius 1 is 0.517 bits per heavy atom. The highest BCUT2D eigenvalue weighted by Crippen LogP contribution is 2.36. The topological polar surface area (TPSA) is 64.5 Å². The van der Waals surface area contributed by atoms with Gasteiger partial charge >= 0.3 is 0 Å². The number of methoxy groups -OCH3 is 1. The van der Waals surface area contributed by atoms with Gasteiger partial charge in [-0.1, -0.05) is 24.3 Å². The smallest absolute Gasteiger partial charge is 0.118 e. The van der Waals surface area contributed by atoms with Gasteiger partial charge in [0.25, 0.3) is 0 Å². The number of anilines is 5. The van der Waals surface area contributed by atoms with Crippen LogP contribution in [0.2, 0.25) is 0 Å². The highest BCUT2D eigenvalue weighted by Gasteiger charge is 2.12. The molecule has 144 valence electrons. The van der Waals surface area contributed by atoms with Crippen LogP contribution in [0.1, 0.15) is 0 Å². The number of rotatable bonds is 5. The standard InChI is InChI=1S/C25H23N3O/c1-29-25-16-4-19(5-17-25)18-2-10-22(11-3-18)28(23-12-6-20(26)7-13-23)24-14-8-21(27)9-15-24/h2-17H,26-27H2,1H3. The molecule has 0 spiro atoms. The van der Waals surface area contributed by atoms with Gasteiger partial charge in [-0.25, -0.2) is 0 Å². The zero-order valence-corrected chi connectivity index (χ0v) is 16.2. The van der Waals surface area contributed by atoms with Crippen LogP contribution < -0.4 is 21.1 Å². The van der Waals surface area contributed by atoms with Crippen molar-refractivity contribution in [1.29, 1.82) is 0 Å². The van der Waals surface area contributed by atoms with Crippen LogP contribution in [0.15, 0.2) is 97.1 Å². The van der Waals surface area contributed by atoms with E-state index in [9.17, 15) is 0 Å². The molecule has 0 aromatic heterocycles. The molecule has 4 aromatic carbocycles. The Hall–Kier alpha value is -3.92. The van der Waals surface area contributed by atoms with Crippen LogP contribution in [0, 0.1) is 0 Å². The van der Waals surface area contributed by atoms with Gasteiger partial charge in [0.05, 0.1) is 7.11 Å². The summed E-state index contributed by atoms with van der Waals surface area (Å²) in [4.78, 5) is 2.18. The molecule has 4 nitrogen and oxygen atoms in total. The molecule has 0 aliphatic carbocycles. The molecule has 0 radical (unpaired) electrons. The van der Waals surface area contributed by atoms with Crippen LogP contribution in [0.5, 0.6) is 5.75 Å². The predicted molar refractivity (Wildman–Crippen MR) is 122 cm³/mol. The Bertz CT molecular complexity index is 1030. The molecule has 4 aromatic rings. The van der Waals surface area contributed by atoms with Crippen LogP contribution in [-0.2, 0) is 0 Å². The summed E-state index contributed by atoms with van der Waals surface area (Å²) in [6.07, 6.45) is 0. The van der Waals surface area contributed by atoms with E-state index in [1.165, 1.54) is 0 Å². The predicted octanol–water partition coefficient (Wildman–Crippen LogP) is 6.00. The Morgan fingerprint density at radius 3 is 1.24 bits per heavy atom. The maximum Gasteiger partial charge on any atom is 0.118 e. The van der Waals surface area contributed by atoms with Gasteiger partial charge in [-0.15, -0.1) is 0 Å². The zero-order chi connectivity index (χ0) is 20.2. The maximum atomic E-state index is 5.89. The summed E-state index contributed by atoms with van der Waals surface area (Å²) in [7, 11) is 1.67. The van der Waals surface area contributed by atoms with Crippen LogP contribution in [0.4, 0.5) is 28.4 Å². The van der Waals surface area contributed by atoms with E-state index in [2.05, 4.69) is 41.3 Å². The van der Waals surface area contributed by atoms with Gasteiger partial charge < -0.3 is 21.1 Å². The van der Waals surface area contributed by atoms with Gasteiger partial charge in [-0.2, -0.15) is 0 Å². The summed E-state index contributed by atoms with van der Waals surface area (Å²) in [6, 6.07) is 32.2. The first kappa shape index (κ1) is 18.4. The van der Waals surface area contributed by atoms with Crippen molar-refractivity contribution in [2.75, 3.05) is 23.5 Å². The average Bonchev–Trinajstić information content (AvgIpc) is 2.77. The number of nitrogen functional groups attached to an aromatic ring is 2. The fourth-order valence-corrected chi connectivity index (χ4v) is 3.28. The zero-order valence-electron chi connectivity index (χ0n) is 16.2. The first-order chi connectivity index (χ1) is 14.1. The monoisotopic (exact) mass is 381 g/mol. The average molecular weight is 381 g/mol. The molecule has 4 N–H and O–H groups in total. The van der Waals surface area contributed by atoms with E-state index in [0.717, 1.165) is 45.3 Å². The number of ether oxygens (including phenoxy) is 1. The molecule has 0 fully saturated rings. The first-order valence-corrected chi connectivity index (χ1v) is 9.40. The summed E-state index contributed by atoms with van der Waals surface area (Å²) in [5.41, 5.74) is 18.6. The molecule has 0 saturated heterocycles. The number of nitrogens with zero attached hydrogens (tertiary/aromatic N) is 1. The van der Waals surface area contributed by atoms with Gasteiger partial charge in [0, 0.05) is 28.4 Å². The number of hydrogen-bond acceptors (Lipinski definition) is 4. The lowest BCUT2D eigenvalue weighted by Crippen LogP contribution is -2.10. The summed E-state index contributed by atoms with van der Waals surface area (Å²) in [5, 5.41) is 0. The van der Waals surface area contributed by atoms with E-state index in [1.807, 2.05) is 60.7 Å². The quantitative estimate of drug-likeness (QED) is 0.416. The van der Waals surface area contributed by atoms with Crippen LogP contribution in [0.3, 0.4) is 0 Å². The fraction of sp³-hybridized carbons (Fsp3) is 0.0400. The third kappa shape index (κ3) is 4.01. The van der Waals surface area contributed by atoms with E-state index in [1.54, 1.807) is 7.11 Å². The van der Waals surface area contributed by atoms with Crippen molar-refractivity contribution in [3.05, 3.63) is 97.1 Å². The van der Waals surface area contributed by atoms with E-state index in [-0.39, 0.29) is 0 Å². The van der Waals surface area contributed by atoms with Crippen molar-refractivity contribution < 1.29 is 4.74 Å². The molecule has 0 aliphatic heterocycles. The molecule has 0 unspecified atom stereocenters. The van der Waals surface area contributed by atoms with Crippen molar-refractivity contribution in [2.45, 2.75) is 0 Å². The Morgan fingerprint density at radius 2 is 0.862 bits per heavy atom. The van der Waals surface area contributed by atoms with Crippen LogP contribution in [0.25, 0.3) is 11.1 Å². The molecule has 29 heavy (non-hydrogen) atoms. The van der Waals surface area contributed by atoms with Crippen molar-refractivity contribution in [1.82, 2.24) is 0 Å². The molecule has 0 atom stereocenters. The summed E-state index contributed by atoms with van der Waals surface area (Å²) in [5.74, 6) is 0.850. The Labute approximate surface area is 171 Å². The van der Waals surface area contributed by atoms with Gasteiger partial charge in [0.15, 0.2) is 0 Å². The maximum absolute atomic E-state index is 5.89. The SMILES string of the molecule is COc1ccc(-c2ccc(N(c3ccc(N)cc3)c3ccc(N)cc3)cc2)cc1. The number of nitrogens with two attached hydrogens (primary N) is 2. The van der Waals surface area contributed by atoms with E-state index >= 15 is 0 Å². The summed E-state index contributed by atoms with van der Waals surface area (Å²) >= 11 is 0. The van der Waals surface area contributed by atoms with Crippen LogP contribution in [-0.4, -0.2) is 7.11 Å². The molecule has 0 saturated carbocycles. The summed E-state index contributed by atoms with van der Waals surface area (Å²) < 4.78 is 5.25. The lowest BCUT2D eigenvalue weighted by atomic mass is 10.0. The minimum atomic E-state index is 0.737. The molecule has 0 heterocycles. The molecule has 4 heteroatoms.